The number of rotatable bonds is 0. The van der Waals surface area contributed by atoms with Gasteiger partial charge in [0.05, 0.1) is 7.05 Å². The first kappa shape index (κ1) is 12.8. The molecule has 82 valence electrons. The minimum Gasteiger partial charge on any atom is -0.418 e. The van der Waals surface area contributed by atoms with Gasteiger partial charge in [0.2, 0.25) is 0 Å². The predicted octanol–water partition coefficient (Wildman–Crippen LogP) is 0.230. The van der Waals surface area contributed by atoms with Crippen molar-refractivity contribution in [3.8, 4) is 0 Å². The van der Waals surface area contributed by atoms with Crippen LogP contribution in [0.5, 0.6) is 0 Å². The van der Waals surface area contributed by atoms with Gasteiger partial charge in [-0.15, -0.1) is 0 Å². The van der Waals surface area contributed by atoms with Crippen molar-refractivity contribution in [2.75, 3.05) is 7.05 Å². The van der Waals surface area contributed by atoms with Crippen LogP contribution in [-0.2, 0) is 0 Å². The quantitative estimate of drug-likeness (QED) is 0.346. The summed E-state index contributed by atoms with van der Waals surface area (Å²) in [7, 11) is -4.43. The average Bonchev–Trinajstić information content (AvgIpc) is 1.97. The molecule has 0 bridgehead atoms. The third-order valence-corrected chi connectivity index (χ3v) is 1.21. The Labute approximate surface area is 77.3 Å². The van der Waals surface area contributed by atoms with Crippen molar-refractivity contribution in [2.24, 2.45) is 5.73 Å². The van der Waals surface area contributed by atoms with Gasteiger partial charge in [0.1, 0.15) is 0 Å². The van der Waals surface area contributed by atoms with Crippen LogP contribution in [0.4, 0.5) is 21.7 Å². The molecule has 0 radical (unpaired) electrons. The summed E-state index contributed by atoms with van der Waals surface area (Å²) in [5.41, 5.74) is 5.34. The molecular formula is C5H9BF5N3. The minimum atomic E-state index is -6.00. The van der Waals surface area contributed by atoms with E-state index in [1.165, 1.54) is 11.2 Å². The molecule has 14 heavy (non-hydrogen) atoms. The molecule has 1 unspecified atom stereocenters. The maximum absolute atomic E-state index is 12.5. The molecule has 1 aliphatic rings. The lowest BCUT2D eigenvalue weighted by atomic mass is 10.3. The molecule has 0 spiro atoms. The van der Waals surface area contributed by atoms with Crippen LogP contribution in [0.2, 0.25) is 0 Å². The number of nitrogens with two attached hydrogens (primary N) is 1. The van der Waals surface area contributed by atoms with E-state index in [0.717, 1.165) is 0 Å². The summed E-state index contributed by atoms with van der Waals surface area (Å²) in [6, 6.07) is 0. The Hall–Kier alpha value is -1.25. The molecular weight excluding hydrogens is 208 g/mol. The number of halogens is 5. The largest absolute Gasteiger partial charge is 0.673 e. The maximum Gasteiger partial charge on any atom is 0.673 e. The third kappa shape index (κ3) is 6.29. The molecule has 3 N–H and O–H groups in total. The summed E-state index contributed by atoms with van der Waals surface area (Å²) >= 11 is 0. The molecule has 0 amide bonds. The van der Waals surface area contributed by atoms with Crippen molar-refractivity contribution in [1.82, 2.24) is 5.01 Å². The fourth-order valence-electron chi connectivity index (χ4n) is 0.573. The van der Waals surface area contributed by atoms with Crippen LogP contribution in [0.3, 0.4) is 0 Å². The zero-order chi connectivity index (χ0) is 11.4. The van der Waals surface area contributed by atoms with Gasteiger partial charge in [0, 0.05) is 10.6 Å². The Bertz CT molecular complexity index is 232. The lowest BCUT2D eigenvalue weighted by Gasteiger charge is -2.18. The van der Waals surface area contributed by atoms with E-state index < -0.39 is 7.25 Å². The summed E-state index contributed by atoms with van der Waals surface area (Å²) in [4.78, 5) is 0. The molecule has 0 aliphatic carbocycles. The van der Waals surface area contributed by atoms with Gasteiger partial charge in [-0.2, -0.15) is 5.01 Å². The van der Waals surface area contributed by atoms with Crippen molar-refractivity contribution in [2.45, 2.75) is 0 Å². The maximum atomic E-state index is 12.5. The monoisotopic (exact) mass is 217 g/mol. The zero-order valence-electron chi connectivity index (χ0n) is 7.22. The van der Waals surface area contributed by atoms with Crippen LogP contribution in [0.15, 0.2) is 24.2 Å². The fourth-order valence-corrected chi connectivity index (χ4v) is 0.573. The molecule has 0 aromatic carbocycles. The van der Waals surface area contributed by atoms with Crippen LogP contribution >= 0.6 is 0 Å². The summed E-state index contributed by atoms with van der Waals surface area (Å²) in [6.07, 6.45) is 4.57. The number of quaternary nitrogens is 1. The average molecular weight is 217 g/mol. The van der Waals surface area contributed by atoms with Crippen molar-refractivity contribution in [3.05, 3.63) is 24.2 Å². The minimum absolute atomic E-state index is 0.324. The van der Waals surface area contributed by atoms with E-state index in [1.54, 1.807) is 19.2 Å². The van der Waals surface area contributed by atoms with Crippen molar-refractivity contribution >= 4 is 7.25 Å². The van der Waals surface area contributed by atoms with Crippen molar-refractivity contribution in [3.63, 3.8) is 0 Å². The second-order valence-corrected chi connectivity index (χ2v) is 2.33. The van der Waals surface area contributed by atoms with Gasteiger partial charge < -0.3 is 23.0 Å². The lowest BCUT2D eigenvalue weighted by molar-refractivity contribution is -1.09. The molecule has 0 saturated carbocycles. The second-order valence-electron chi connectivity index (χ2n) is 2.33. The zero-order valence-corrected chi connectivity index (χ0v) is 7.22. The number of hydrogen-bond acceptors (Lipinski definition) is 2. The smallest absolute Gasteiger partial charge is 0.418 e. The van der Waals surface area contributed by atoms with Crippen molar-refractivity contribution < 1.29 is 27.0 Å². The van der Waals surface area contributed by atoms with E-state index in [-0.39, 0.29) is 5.23 Å². The Morgan fingerprint density at radius 3 is 2.07 bits per heavy atom. The molecule has 9 heteroatoms. The molecule has 1 heterocycles. The van der Waals surface area contributed by atoms with E-state index >= 15 is 0 Å². The van der Waals surface area contributed by atoms with Gasteiger partial charge in [-0.3, -0.25) is 0 Å². The number of nitrogens with one attached hydrogen (secondary N) is 1. The van der Waals surface area contributed by atoms with Gasteiger partial charge in [-0.1, -0.05) is 0 Å². The standard InChI is InChI=1S/C5H8FN3.BF4/c1-8-5(7)3-2-4-9(8)6;2-1(3,4)5/h2-4H,7H2,1H3;/q;-1/p+1. The molecule has 0 aromatic heterocycles. The third-order valence-electron chi connectivity index (χ3n) is 1.21. The Morgan fingerprint density at radius 1 is 1.36 bits per heavy atom. The first-order valence-electron chi connectivity index (χ1n) is 3.49. The summed E-state index contributed by atoms with van der Waals surface area (Å²) in [5.74, 6) is 0.426. The highest BCUT2D eigenvalue weighted by Gasteiger charge is 2.20. The van der Waals surface area contributed by atoms with Crippen LogP contribution in [-0.4, -0.2) is 19.3 Å². The fraction of sp³-hybridized carbons (Fsp3) is 0.200. The van der Waals surface area contributed by atoms with E-state index in [9.17, 15) is 21.7 Å². The topological polar surface area (TPSA) is 33.7 Å². The summed E-state index contributed by atoms with van der Waals surface area (Å²) < 4.78 is 51.5. The van der Waals surface area contributed by atoms with Crippen molar-refractivity contribution in [1.29, 1.82) is 0 Å². The van der Waals surface area contributed by atoms with E-state index in [1.807, 2.05) is 0 Å². The predicted molar refractivity (Wildman–Crippen MR) is 41.4 cm³/mol. The molecule has 1 rings (SSSR count). The van der Waals surface area contributed by atoms with E-state index in [0.29, 0.717) is 5.82 Å². The number of allylic oxidation sites excluding steroid dienone is 2. The molecule has 0 saturated heterocycles. The Kier molecular flexibility index (Phi) is 4.41. The van der Waals surface area contributed by atoms with Crippen LogP contribution in [0, 0.1) is 0 Å². The number of hydrogen-bond donors (Lipinski definition) is 2. The molecule has 1 atom stereocenters. The lowest BCUT2D eigenvalue weighted by Crippen LogP contribution is -3.07. The van der Waals surface area contributed by atoms with Gasteiger partial charge >= 0.3 is 7.25 Å². The Morgan fingerprint density at radius 2 is 1.79 bits per heavy atom. The van der Waals surface area contributed by atoms with Crippen LogP contribution in [0.25, 0.3) is 0 Å². The second kappa shape index (κ2) is 4.84. The molecule has 0 aromatic rings. The number of nitrogens with zero attached hydrogens (tertiary/aromatic N) is 1. The summed E-state index contributed by atoms with van der Waals surface area (Å²) in [5, 5.41) is 0.954. The van der Waals surface area contributed by atoms with Crippen LogP contribution < -0.4 is 11.0 Å². The highest BCUT2D eigenvalue weighted by Crippen LogP contribution is 2.06. The summed E-state index contributed by atoms with van der Waals surface area (Å²) in [6.45, 7) is 0. The molecule has 3 nitrogen and oxygen atoms in total. The highest BCUT2D eigenvalue weighted by molar-refractivity contribution is 6.50. The SMILES string of the molecule is CN1C(N)=CC=C[NH+]1F.F[B-](F)(F)F. The van der Waals surface area contributed by atoms with E-state index in [4.69, 9.17) is 5.73 Å². The molecule has 1 aliphatic heterocycles. The Balaban J connectivity index is 0.000000292. The highest BCUT2D eigenvalue weighted by atomic mass is 19.5. The first-order chi connectivity index (χ1) is 6.22. The molecule has 0 fully saturated rings. The van der Waals surface area contributed by atoms with Gasteiger partial charge in [-0.25, -0.2) is 0 Å². The van der Waals surface area contributed by atoms with E-state index in [2.05, 4.69) is 0 Å². The first-order valence-corrected chi connectivity index (χ1v) is 3.49. The van der Waals surface area contributed by atoms with Gasteiger partial charge in [-0.05, 0) is 11.3 Å². The normalized spacial score (nSPS) is 21.1. The van der Waals surface area contributed by atoms with Crippen LogP contribution in [0.1, 0.15) is 0 Å². The van der Waals surface area contributed by atoms with Gasteiger partial charge in [0.25, 0.3) is 0 Å². The van der Waals surface area contributed by atoms with Gasteiger partial charge in [0.15, 0.2) is 12.0 Å².